The number of hydrogen-bond acceptors (Lipinski definition) is 7. The number of rotatable bonds is 19. The Morgan fingerprint density at radius 1 is 0.750 bits per heavy atom. The lowest BCUT2D eigenvalue weighted by Crippen LogP contribution is -2.61. The first-order valence-corrected chi connectivity index (χ1v) is 15.2. The molecule has 6 atom stereocenters. The van der Waals surface area contributed by atoms with Gasteiger partial charge in [0.2, 0.25) is 0 Å². The van der Waals surface area contributed by atoms with Crippen LogP contribution in [0, 0.1) is 0 Å². The van der Waals surface area contributed by atoms with E-state index in [9.17, 15) is 9.46 Å². The Morgan fingerprint density at radius 3 is 1.85 bits per heavy atom. The van der Waals surface area contributed by atoms with Gasteiger partial charge in [0.15, 0.2) is 6.29 Å². The van der Waals surface area contributed by atoms with Crippen molar-refractivity contribution in [3.8, 4) is 0 Å². The van der Waals surface area contributed by atoms with Gasteiger partial charge in [0.25, 0.3) is 0 Å². The molecule has 0 amide bonds. The Labute approximate surface area is 237 Å². The molecule has 1 aliphatic heterocycles. The summed E-state index contributed by atoms with van der Waals surface area (Å²) in [7, 11) is -3.82. The molecule has 1 N–H and O–H groups in total. The van der Waals surface area contributed by atoms with Crippen LogP contribution in [0.25, 0.3) is 0 Å². The molecule has 0 aromatic heterocycles. The number of ether oxygens (including phenoxy) is 5. The lowest BCUT2D eigenvalue weighted by Gasteiger charge is -2.45. The molecule has 0 bridgehead atoms. The first kappa shape index (κ1) is 32.1. The maximum Gasteiger partial charge on any atom is 0.328 e. The molecule has 1 unspecified atom stereocenters. The van der Waals surface area contributed by atoms with Gasteiger partial charge in [0.1, 0.15) is 18.3 Å². The zero-order chi connectivity index (χ0) is 28.6. The minimum atomic E-state index is -3.82. The standard InChI is InChI=1S/C31H41O8P/c1-4-19-34-28-27(18-13-22-40(32,33)38-24-26-16-11-8-12-17-26)39-31(37-23-25-14-9-7-10-15-25)30(36-21-6-3)29(28)35-20-5-2/h4-12,14-17,27-31H,1-3,13,18-24H2,(H,32,33)/t27-,28-,29+,30-,31-/m1/s1. The van der Waals surface area contributed by atoms with Crippen molar-refractivity contribution >= 4 is 7.60 Å². The summed E-state index contributed by atoms with van der Waals surface area (Å²) in [6.07, 6.45) is 2.69. The fraction of sp³-hybridized carbons (Fsp3) is 0.419. The van der Waals surface area contributed by atoms with Crippen molar-refractivity contribution in [1.29, 1.82) is 0 Å². The van der Waals surface area contributed by atoms with Crippen LogP contribution in [0.1, 0.15) is 24.0 Å². The quantitative estimate of drug-likeness (QED) is 0.166. The van der Waals surface area contributed by atoms with E-state index in [1.54, 1.807) is 18.2 Å². The zero-order valence-corrected chi connectivity index (χ0v) is 23.8. The normalized spacial score (nSPS) is 24.2. The lowest BCUT2D eigenvalue weighted by molar-refractivity contribution is -0.318. The van der Waals surface area contributed by atoms with Crippen molar-refractivity contribution in [3.63, 3.8) is 0 Å². The van der Waals surface area contributed by atoms with E-state index < -0.39 is 38.3 Å². The van der Waals surface area contributed by atoms with E-state index >= 15 is 0 Å². The molecule has 1 saturated heterocycles. The van der Waals surface area contributed by atoms with Crippen molar-refractivity contribution in [2.75, 3.05) is 26.0 Å². The summed E-state index contributed by atoms with van der Waals surface area (Å²) in [4.78, 5) is 10.4. The molecule has 2 aromatic rings. The Balaban J connectivity index is 1.73. The minimum Gasteiger partial charge on any atom is -0.369 e. The molecular weight excluding hydrogens is 531 g/mol. The van der Waals surface area contributed by atoms with Crippen LogP contribution in [0.3, 0.4) is 0 Å². The molecule has 1 fully saturated rings. The highest BCUT2D eigenvalue weighted by Crippen LogP contribution is 2.44. The number of benzene rings is 2. The summed E-state index contributed by atoms with van der Waals surface area (Å²) in [5.74, 6) is 0. The van der Waals surface area contributed by atoms with E-state index in [-0.39, 0.29) is 32.6 Å². The van der Waals surface area contributed by atoms with Crippen LogP contribution in [0.5, 0.6) is 0 Å². The molecule has 8 nitrogen and oxygen atoms in total. The molecule has 0 radical (unpaired) electrons. The van der Waals surface area contributed by atoms with Crippen molar-refractivity contribution < 1.29 is 37.7 Å². The van der Waals surface area contributed by atoms with Crippen LogP contribution >= 0.6 is 7.60 Å². The smallest absolute Gasteiger partial charge is 0.328 e. The Bertz CT molecular complexity index is 1060. The van der Waals surface area contributed by atoms with Gasteiger partial charge in [-0.05, 0) is 24.0 Å². The van der Waals surface area contributed by atoms with E-state index in [0.717, 1.165) is 11.1 Å². The number of hydrogen-bond donors (Lipinski definition) is 1. The maximum absolute atomic E-state index is 12.7. The van der Waals surface area contributed by atoms with E-state index in [4.69, 9.17) is 28.2 Å². The maximum atomic E-state index is 12.7. The molecule has 2 aromatic carbocycles. The van der Waals surface area contributed by atoms with Gasteiger partial charge in [-0.2, -0.15) is 0 Å². The highest BCUT2D eigenvalue weighted by Gasteiger charge is 2.48. The minimum absolute atomic E-state index is 0.0298. The van der Waals surface area contributed by atoms with Crippen LogP contribution in [-0.4, -0.2) is 61.6 Å². The molecule has 3 rings (SSSR count). The first-order valence-electron chi connectivity index (χ1n) is 13.5. The zero-order valence-electron chi connectivity index (χ0n) is 22.9. The highest BCUT2D eigenvalue weighted by atomic mass is 31.2. The average Bonchev–Trinajstić information content (AvgIpc) is 2.97. The van der Waals surface area contributed by atoms with Crippen molar-refractivity contribution in [2.45, 2.75) is 56.8 Å². The monoisotopic (exact) mass is 572 g/mol. The van der Waals surface area contributed by atoms with Crippen molar-refractivity contribution in [2.24, 2.45) is 0 Å². The molecule has 9 heteroatoms. The van der Waals surface area contributed by atoms with Crippen LogP contribution < -0.4 is 0 Å². The van der Waals surface area contributed by atoms with Crippen molar-refractivity contribution in [1.82, 2.24) is 0 Å². The fourth-order valence-electron chi connectivity index (χ4n) is 4.41. The fourth-order valence-corrected chi connectivity index (χ4v) is 5.47. The second-order valence-corrected chi connectivity index (χ2v) is 11.3. The summed E-state index contributed by atoms with van der Waals surface area (Å²) in [5.41, 5.74) is 1.81. The van der Waals surface area contributed by atoms with Gasteiger partial charge in [-0.1, -0.05) is 78.9 Å². The van der Waals surface area contributed by atoms with E-state index in [1.165, 1.54) is 0 Å². The second kappa shape index (κ2) is 17.4. The average molecular weight is 573 g/mol. The van der Waals surface area contributed by atoms with Gasteiger partial charge in [-0.25, -0.2) is 0 Å². The van der Waals surface area contributed by atoms with Gasteiger partial charge in [0, 0.05) is 0 Å². The third-order valence-electron chi connectivity index (χ3n) is 6.27. The molecule has 0 saturated carbocycles. The molecule has 40 heavy (non-hydrogen) atoms. The Hall–Kier alpha value is -2.39. The third kappa shape index (κ3) is 10.5. The Morgan fingerprint density at radius 2 is 1.27 bits per heavy atom. The van der Waals surface area contributed by atoms with Gasteiger partial charge < -0.3 is 33.1 Å². The van der Waals surface area contributed by atoms with Gasteiger partial charge >= 0.3 is 7.60 Å². The third-order valence-corrected chi connectivity index (χ3v) is 7.69. The highest BCUT2D eigenvalue weighted by molar-refractivity contribution is 7.52. The molecule has 0 aliphatic carbocycles. The van der Waals surface area contributed by atoms with Crippen molar-refractivity contribution in [3.05, 3.63) is 110 Å². The lowest BCUT2D eigenvalue weighted by atomic mass is 9.95. The van der Waals surface area contributed by atoms with Gasteiger partial charge in [-0.15, -0.1) is 19.7 Å². The summed E-state index contributed by atoms with van der Waals surface area (Å²) < 4.78 is 49.2. The molecular formula is C31H41O8P. The molecule has 1 heterocycles. The predicted molar refractivity (Wildman–Crippen MR) is 155 cm³/mol. The summed E-state index contributed by atoms with van der Waals surface area (Å²) in [5, 5.41) is 0. The summed E-state index contributed by atoms with van der Waals surface area (Å²) >= 11 is 0. The van der Waals surface area contributed by atoms with E-state index in [2.05, 4.69) is 19.7 Å². The molecule has 0 spiro atoms. The predicted octanol–water partition coefficient (Wildman–Crippen LogP) is 5.82. The summed E-state index contributed by atoms with van der Waals surface area (Å²) in [6.45, 7) is 12.5. The van der Waals surface area contributed by atoms with Gasteiger partial charge in [-0.3, -0.25) is 4.57 Å². The van der Waals surface area contributed by atoms with Crippen LogP contribution in [0.2, 0.25) is 0 Å². The SMILES string of the molecule is C=CCO[C@@H]1[C@@H](OCC=C)[C@H](OCc2ccccc2)O[C@H](CCCP(=O)(O)OCc2ccccc2)[C@H]1OCC=C. The Kier molecular flexibility index (Phi) is 14.0. The largest absolute Gasteiger partial charge is 0.369 e. The van der Waals surface area contributed by atoms with Crippen LogP contribution in [-0.2, 0) is 46.0 Å². The summed E-state index contributed by atoms with van der Waals surface area (Å²) in [6, 6.07) is 19.1. The topological polar surface area (TPSA) is 92.7 Å². The van der Waals surface area contributed by atoms with E-state index in [1.807, 2.05) is 60.7 Å². The van der Waals surface area contributed by atoms with Crippen LogP contribution in [0.4, 0.5) is 0 Å². The molecule has 1 aliphatic rings. The van der Waals surface area contributed by atoms with Gasteiger partial charge in [0.05, 0.1) is 45.3 Å². The van der Waals surface area contributed by atoms with E-state index in [0.29, 0.717) is 19.4 Å². The second-order valence-electron chi connectivity index (χ2n) is 9.36. The van der Waals surface area contributed by atoms with Crippen LogP contribution in [0.15, 0.2) is 98.6 Å². The molecule has 218 valence electrons. The first-order chi connectivity index (χ1) is 19.5.